The lowest BCUT2D eigenvalue weighted by atomic mass is 9.93. The molecule has 0 saturated carbocycles. The van der Waals surface area contributed by atoms with Crippen LogP contribution in [0, 0.1) is 13.8 Å². The van der Waals surface area contributed by atoms with Crippen molar-refractivity contribution in [3.8, 4) is 5.75 Å². The lowest BCUT2D eigenvalue weighted by Gasteiger charge is -2.29. The van der Waals surface area contributed by atoms with E-state index in [0.29, 0.717) is 29.8 Å². The van der Waals surface area contributed by atoms with Crippen LogP contribution in [0.4, 0.5) is 10.5 Å². The third-order valence-corrected chi connectivity index (χ3v) is 8.75. The smallest absolute Gasteiger partial charge is 0.415 e. The molecule has 10 heteroatoms. The van der Waals surface area contributed by atoms with Crippen molar-refractivity contribution < 1.29 is 33.8 Å². The van der Waals surface area contributed by atoms with Gasteiger partial charge in [-0.1, -0.05) is 78.9 Å². The minimum atomic E-state index is -1.12. The standard InChI is InChI=1S/C40H43N3O7/c1-26-11-10-12-27(2)38(26)49-25-37(46)41-32(21-29-13-6-4-7-14-29)23-35(45)34(22-30-15-8-5-9-16-30)42-39(47)36-24-43(40(48)50-36)33-19-17-31(18-20-33)28(3)44/h4-20,32,34-36,45H,21-25H2,1-3H3,(H,41,46)(H,42,47)/t32-,34-,35?,36-/m0/s1. The van der Waals surface area contributed by atoms with Crippen LogP contribution in [-0.2, 0) is 27.2 Å². The Bertz CT molecular complexity index is 1760. The molecule has 3 amide bonds. The van der Waals surface area contributed by atoms with Gasteiger partial charge in [0.1, 0.15) is 5.75 Å². The molecule has 0 aliphatic carbocycles. The van der Waals surface area contributed by atoms with Gasteiger partial charge in [0.25, 0.3) is 11.8 Å². The number of para-hydroxylation sites is 1. The summed E-state index contributed by atoms with van der Waals surface area (Å²) in [5.74, 6) is -0.324. The van der Waals surface area contributed by atoms with Crippen molar-refractivity contribution in [2.45, 2.75) is 64.3 Å². The molecule has 0 bridgehead atoms. The molecule has 1 aliphatic heterocycles. The predicted octanol–water partition coefficient (Wildman–Crippen LogP) is 5.12. The van der Waals surface area contributed by atoms with E-state index in [2.05, 4.69) is 10.6 Å². The van der Waals surface area contributed by atoms with Crippen molar-refractivity contribution in [2.75, 3.05) is 18.1 Å². The van der Waals surface area contributed by atoms with E-state index in [4.69, 9.17) is 9.47 Å². The van der Waals surface area contributed by atoms with Crippen LogP contribution < -0.4 is 20.3 Å². The average Bonchev–Trinajstić information content (AvgIpc) is 3.50. The summed E-state index contributed by atoms with van der Waals surface area (Å²) in [5.41, 5.74) is 4.71. The largest absolute Gasteiger partial charge is 0.483 e. The van der Waals surface area contributed by atoms with E-state index in [1.54, 1.807) is 24.3 Å². The first-order valence-corrected chi connectivity index (χ1v) is 16.7. The molecule has 3 N–H and O–H groups in total. The van der Waals surface area contributed by atoms with Crippen LogP contribution in [0.2, 0.25) is 0 Å². The molecule has 1 fully saturated rings. The number of nitrogens with zero attached hydrogens (tertiary/aromatic N) is 1. The van der Waals surface area contributed by atoms with Gasteiger partial charge in [-0.05, 0) is 86.6 Å². The SMILES string of the molecule is CC(=O)c1ccc(N2C[C@@H](C(=O)N[C@@H](Cc3ccccc3)C(O)C[C@H](Cc3ccccc3)NC(=O)COc3c(C)cccc3C)OC2=O)cc1. The predicted molar refractivity (Wildman–Crippen MR) is 190 cm³/mol. The van der Waals surface area contributed by atoms with Crippen molar-refractivity contribution in [3.63, 3.8) is 0 Å². The van der Waals surface area contributed by atoms with Gasteiger partial charge in [0.15, 0.2) is 18.5 Å². The van der Waals surface area contributed by atoms with Gasteiger partial charge in [0.2, 0.25) is 0 Å². The highest BCUT2D eigenvalue weighted by atomic mass is 16.6. The highest BCUT2D eigenvalue weighted by Gasteiger charge is 2.38. The molecule has 260 valence electrons. The fourth-order valence-corrected chi connectivity index (χ4v) is 6.09. The molecule has 1 saturated heterocycles. The van der Waals surface area contributed by atoms with Crippen LogP contribution in [0.3, 0.4) is 0 Å². The van der Waals surface area contributed by atoms with Gasteiger partial charge in [-0.3, -0.25) is 19.3 Å². The summed E-state index contributed by atoms with van der Waals surface area (Å²) in [4.78, 5) is 52.6. The summed E-state index contributed by atoms with van der Waals surface area (Å²) < 4.78 is 11.3. The van der Waals surface area contributed by atoms with E-state index in [0.717, 1.165) is 22.3 Å². The maximum absolute atomic E-state index is 13.6. The first-order chi connectivity index (χ1) is 24.1. The Hall–Kier alpha value is -5.48. The van der Waals surface area contributed by atoms with Crippen LogP contribution in [0.15, 0.2) is 103 Å². The van der Waals surface area contributed by atoms with E-state index < -0.39 is 36.3 Å². The summed E-state index contributed by atoms with van der Waals surface area (Å²) in [6.07, 6.45) is -2.03. The van der Waals surface area contributed by atoms with Crippen LogP contribution in [0.5, 0.6) is 5.75 Å². The quantitative estimate of drug-likeness (QED) is 0.149. The molecule has 1 heterocycles. The molecular weight excluding hydrogens is 634 g/mol. The molecule has 4 atom stereocenters. The number of amides is 3. The number of aliphatic hydroxyl groups is 1. The summed E-state index contributed by atoms with van der Waals surface area (Å²) in [6.45, 7) is 5.07. The van der Waals surface area contributed by atoms with Crippen molar-refractivity contribution in [1.29, 1.82) is 0 Å². The van der Waals surface area contributed by atoms with Gasteiger partial charge in [-0.2, -0.15) is 0 Å². The minimum absolute atomic E-state index is 0.0364. The third-order valence-electron chi connectivity index (χ3n) is 8.75. The zero-order chi connectivity index (χ0) is 35.6. The van der Waals surface area contributed by atoms with Crippen LogP contribution in [-0.4, -0.2) is 66.2 Å². The molecule has 5 rings (SSSR count). The fourth-order valence-electron chi connectivity index (χ4n) is 6.09. The van der Waals surface area contributed by atoms with Gasteiger partial charge in [0.05, 0.1) is 18.7 Å². The molecule has 0 aromatic heterocycles. The summed E-state index contributed by atoms with van der Waals surface area (Å²) in [7, 11) is 0. The van der Waals surface area contributed by atoms with Gasteiger partial charge in [-0.15, -0.1) is 0 Å². The molecule has 1 aliphatic rings. The van der Waals surface area contributed by atoms with Crippen LogP contribution in [0.1, 0.15) is 46.0 Å². The van der Waals surface area contributed by atoms with Gasteiger partial charge >= 0.3 is 6.09 Å². The number of aliphatic hydroxyl groups excluding tert-OH is 1. The molecule has 0 radical (unpaired) electrons. The van der Waals surface area contributed by atoms with E-state index in [9.17, 15) is 24.3 Å². The number of aryl methyl sites for hydroxylation is 2. The Kier molecular flexibility index (Phi) is 12.0. The number of benzene rings is 4. The lowest BCUT2D eigenvalue weighted by molar-refractivity contribution is -0.129. The first kappa shape index (κ1) is 35.8. The number of cyclic esters (lactones) is 1. The number of Topliss-reactive ketones (excluding diaryl/α,β-unsaturated/α-hetero) is 1. The van der Waals surface area contributed by atoms with Crippen molar-refractivity contribution in [2.24, 2.45) is 0 Å². The molecule has 0 spiro atoms. The maximum Gasteiger partial charge on any atom is 0.415 e. The third kappa shape index (κ3) is 9.57. The zero-order valence-electron chi connectivity index (χ0n) is 28.5. The number of carbonyl (C=O) groups excluding carboxylic acids is 4. The average molecular weight is 678 g/mol. The number of nitrogens with one attached hydrogen (secondary N) is 2. The molecule has 4 aromatic rings. The number of ether oxygens (including phenoxy) is 2. The topological polar surface area (TPSA) is 134 Å². The summed E-state index contributed by atoms with van der Waals surface area (Å²) in [6, 6.07) is 30.1. The highest BCUT2D eigenvalue weighted by Crippen LogP contribution is 2.24. The molecule has 50 heavy (non-hydrogen) atoms. The Labute approximate surface area is 292 Å². The molecule has 1 unspecified atom stereocenters. The number of hydrogen-bond donors (Lipinski definition) is 3. The van der Waals surface area contributed by atoms with Gasteiger partial charge in [0, 0.05) is 17.3 Å². The second kappa shape index (κ2) is 16.8. The minimum Gasteiger partial charge on any atom is -0.483 e. The Morgan fingerprint density at radius 1 is 0.840 bits per heavy atom. The Morgan fingerprint density at radius 2 is 1.44 bits per heavy atom. The van der Waals surface area contributed by atoms with E-state index >= 15 is 0 Å². The second-order valence-corrected chi connectivity index (χ2v) is 12.7. The monoisotopic (exact) mass is 677 g/mol. The molecule has 4 aromatic carbocycles. The number of anilines is 1. The lowest BCUT2D eigenvalue weighted by Crippen LogP contribution is -2.51. The highest BCUT2D eigenvalue weighted by molar-refractivity contribution is 5.97. The maximum atomic E-state index is 13.6. The Balaban J connectivity index is 1.29. The number of carbonyl (C=O) groups is 4. The molecule has 10 nitrogen and oxygen atoms in total. The first-order valence-electron chi connectivity index (χ1n) is 16.7. The van der Waals surface area contributed by atoms with E-state index in [-0.39, 0.29) is 31.3 Å². The normalized spacial score (nSPS) is 15.8. The number of rotatable bonds is 15. The fraction of sp³-hybridized carbons (Fsp3) is 0.300. The summed E-state index contributed by atoms with van der Waals surface area (Å²) >= 11 is 0. The van der Waals surface area contributed by atoms with Crippen LogP contribution >= 0.6 is 0 Å². The van der Waals surface area contributed by atoms with Crippen molar-refractivity contribution in [3.05, 3.63) is 131 Å². The second-order valence-electron chi connectivity index (χ2n) is 12.7. The van der Waals surface area contributed by atoms with E-state index in [1.165, 1.54) is 11.8 Å². The summed E-state index contributed by atoms with van der Waals surface area (Å²) in [5, 5.41) is 17.7. The van der Waals surface area contributed by atoms with Crippen molar-refractivity contribution >= 4 is 29.4 Å². The van der Waals surface area contributed by atoms with Crippen molar-refractivity contribution in [1.82, 2.24) is 10.6 Å². The van der Waals surface area contributed by atoms with E-state index in [1.807, 2.05) is 92.7 Å². The van der Waals surface area contributed by atoms with Gasteiger partial charge in [-0.25, -0.2) is 4.79 Å². The zero-order valence-corrected chi connectivity index (χ0v) is 28.5. The Morgan fingerprint density at radius 3 is 2.04 bits per heavy atom. The van der Waals surface area contributed by atoms with Gasteiger partial charge < -0.3 is 25.2 Å². The number of ketones is 1. The molecular formula is C40H43N3O7. The van der Waals surface area contributed by atoms with Crippen LogP contribution in [0.25, 0.3) is 0 Å². The number of hydrogen-bond acceptors (Lipinski definition) is 7.